The molecule has 1 atom stereocenters. The standard InChI is InChI=1S/C14H23BrN2O/c1-4-7-16-11(2)13-10-12(15)5-6-14(13)17(3)8-9-18/h5-6,10-11,16,18H,4,7-9H2,1-3H3. The minimum atomic E-state index is 0.169. The Kier molecular flexibility index (Phi) is 6.68. The fourth-order valence-electron chi connectivity index (χ4n) is 1.96. The van der Waals surface area contributed by atoms with Crippen molar-refractivity contribution in [1.29, 1.82) is 0 Å². The maximum atomic E-state index is 9.06. The lowest BCUT2D eigenvalue weighted by molar-refractivity contribution is 0.304. The van der Waals surface area contributed by atoms with E-state index in [-0.39, 0.29) is 6.61 Å². The van der Waals surface area contributed by atoms with Crippen LogP contribution in [0, 0.1) is 0 Å². The summed E-state index contributed by atoms with van der Waals surface area (Å²) in [5, 5.41) is 12.6. The van der Waals surface area contributed by atoms with Crippen LogP contribution in [-0.4, -0.2) is 31.9 Å². The first-order valence-electron chi connectivity index (χ1n) is 6.45. The van der Waals surface area contributed by atoms with E-state index in [9.17, 15) is 0 Å². The highest BCUT2D eigenvalue weighted by molar-refractivity contribution is 9.10. The van der Waals surface area contributed by atoms with Gasteiger partial charge in [-0.05, 0) is 43.7 Å². The number of hydrogen-bond donors (Lipinski definition) is 2. The van der Waals surface area contributed by atoms with Crippen LogP contribution >= 0.6 is 15.9 Å². The smallest absolute Gasteiger partial charge is 0.0606 e. The molecule has 0 bridgehead atoms. The van der Waals surface area contributed by atoms with Gasteiger partial charge in [-0.1, -0.05) is 22.9 Å². The molecule has 0 saturated heterocycles. The zero-order chi connectivity index (χ0) is 13.5. The minimum Gasteiger partial charge on any atom is -0.395 e. The van der Waals surface area contributed by atoms with Crippen molar-refractivity contribution in [2.75, 3.05) is 31.6 Å². The van der Waals surface area contributed by atoms with E-state index < -0.39 is 0 Å². The van der Waals surface area contributed by atoms with Crippen LogP contribution in [0.15, 0.2) is 22.7 Å². The molecule has 2 N–H and O–H groups in total. The minimum absolute atomic E-state index is 0.169. The average Bonchev–Trinajstić information content (AvgIpc) is 2.36. The van der Waals surface area contributed by atoms with E-state index in [1.165, 1.54) is 11.3 Å². The molecule has 0 spiro atoms. The predicted octanol–water partition coefficient (Wildman–Crippen LogP) is 2.94. The molecule has 0 aliphatic heterocycles. The molecule has 0 saturated carbocycles. The summed E-state index contributed by atoms with van der Waals surface area (Å²) in [4.78, 5) is 2.09. The molecule has 0 heterocycles. The number of rotatable bonds is 7. The van der Waals surface area contributed by atoms with Crippen LogP contribution in [0.25, 0.3) is 0 Å². The first-order chi connectivity index (χ1) is 8.60. The SMILES string of the molecule is CCCNC(C)c1cc(Br)ccc1N(C)CCO. The summed E-state index contributed by atoms with van der Waals surface area (Å²) in [6, 6.07) is 6.59. The van der Waals surface area contributed by atoms with Gasteiger partial charge in [-0.15, -0.1) is 0 Å². The molecule has 1 aromatic rings. The normalized spacial score (nSPS) is 12.5. The van der Waals surface area contributed by atoms with E-state index in [0.717, 1.165) is 17.4 Å². The molecule has 1 aromatic carbocycles. The molecule has 3 nitrogen and oxygen atoms in total. The molecule has 0 aliphatic carbocycles. The van der Waals surface area contributed by atoms with Crippen molar-refractivity contribution < 1.29 is 5.11 Å². The van der Waals surface area contributed by atoms with Crippen LogP contribution in [-0.2, 0) is 0 Å². The van der Waals surface area contributed by atoms with Crippen molar-refractivity contribution >= 4 is 21.6 Å². The lowest BCUT2D eigenvalue weighted by Crippen LogP contribution is -2.26. The fourth-order valence-corrected chi connectivity index (χ4v) is 2.34. The van der Waals surface area contributed by atoms with Gasteiger partial charge in [0.05, 0.1) is 6.61 Å². The number of nitrogens with zero attached hydrogens (tertiary/aromatic N) is 1. The van der Waals surface area contributed by atoms with E-state index >= 15 is 0 Å². The molecule has 0 aromatic heterocycles. The third-order valence-electron chi connectivity index (χ3n) is 3.00. The quantitative estimate of drug-likeness (QED) is 0.812. The van der Waals surface area contributed by atoms with Crippen molar-refractivity contribution in [1.82, 2.24) is 5.32 Å². The monoisotopic (exact) mass is 314 g/mol. The van der Waals surface area contributed by atoms with E-state index in [1.807, 2.05) is 13.1 Å². The molecular formula is C14H23BrN2O. The second-order valence-electron chi connectivity index (χ2n) is 4.52. The Bertz CT molecular complexity index is 371. The summed E-state index contributed by atoms with van der Waals surface area (Å²) in [7, 11) is 2.01. The van der Waals surface area contributed by atoms with E-state index in [1.54, 1.807) is 0 Å². The highest BCUT2D eigenvalue weighted by Crippen LogP contribution is 2.28. The van der Waals surface area contributed by atoms with Crippen LogP contribution in [0.4, 0.5) is 5.69 Å². The Hall–Kier alpha value is -0.580. The summed E-state index contributed by atoms with van der Waals surface area (Å²) < 4.78 is 1.09. The van der Waals surface area contributed by atoms with Gasteiger partial charge >= 0.3 is 0 Å². The zero-order valence-corrected chi connectivity index (χ0v) is 13.0. The molecule has 0 fully saturated rings. The Morgan fingerprint density at radius 2 is 2.17 bits per heavy atom. The molecule has 4 heteroatoms. The molecule has 0 aliphatic rings. The number of anilines is 1. The predicted molar refractivity (Wildman–Crippen MR) is 81.2 cm³/mol. The van der Waals surface area contributed by atoms with Gasteiger partial charge in [0.2, 0.25) is 0 Å². The highest BCUT2D eigenvalue weighted by Gasteiger charge is 2.13. The number of halogens is 1. The van der Waals surface area contributed by atoms with Gasteiger partial charge in [0.25, 0.3) is 0 Å². The van der Waals surface area contributed by atoms with Crippen molar-refractivity contribution in [2.24, 2.45) is 0 Å². The second kappa shape index (κ2) is 7.77. The Morgan fingerprint density at radius 1 is 1.44 bits per heavy atom. The molecule has 18 heavy (non-hydrogen) atoms. The largest absolute Gasteiger partial charge is 0.395 e. The number of hydrogen-bond acceptors (Lipinski definition) is 3. The first kappa shape index (κ1) is 15.5. The Balaban J connectivity index is 2.95. The summed E-state index contributed by atoms with van der Waals surface area (Å²) in [5.41, 5.74) is 2.43. The molecule has 0 amide bonds. The average molecular weight is 315 g/mol. The van der Waals surface area contributed by atoms with Crippen molar-refractivity contribution in [3.05, 3.63) is 28.2 Å². The lowest BCUT2D eigenvalue weighted by atomic mass is 10.1. The van der Waals surface area contributed by atoms with E-state index in [0.29, 0.717) is 12.6 Å². The van der Waals surface area contributed by atoms with Gasteiger partial charge in [0.15, 0.2) is 0 Å². The van der Waals surface area contributed by atoms with Gasteiger partial charge in [0, 0.05) is 29.8 Å². The Labute approximate surface area is 118 Å². The molecule has 1 rings (SSSR count). The zero-order valence-electron chi connectivity index (χ0n) is 11.4. The van der Waals surface area contributed by atoms with Gasteiger partial charge in [-0.2, -0.15) is 0 Å². The van der Waals surface area contributed by atoms with E-state index in [2.05, 4.69) is 52.1 Å². The summed E-state index contributed by atoms with van der Waals surface area (Å²) in [5.74, 6) is 0. The van der Waals surface area contributed by atoms with Crippen LogP contribution in [0.2, 0.25) is 0 Å². The number of benzene rings is 1. The lowest BCUT2D eigenvalue weighted by Gasteiger charge is -2.25. The maximum absolute atomic E-state index is 9.06. The highest BCUT2D eigenvalue weighted by atomic mass is 79.9. The first-order valence-corrected chi connectivity index (χ1v) is 7.24. The van der Waals surface area contributed by atoms with Gasteiger partial charge in [0.1, 0.15) is 0 Å². The number of nitrogens with one attached hydrogen (secondary N) is 1. The number of aliphatic hydroxyl groups is 1. The molecule has 0 radical (unpaired) electrons. The van der Waals surface area contributed by atoms with Crippen molar-refractivity contribution in [2.45, 2.75) is 26.3 Å². The summed E-state index contributed by atoms with van der Waals surface area (Å²) >= 11 is 3.53. The van der Waals surface area contributed by atoms with Crippen molar-refractivity contribution in [3.8, 4) is 0 Å². The van der Waals surface area contributed by atoms with Crippen LogP contribution in [0.5, 0.6) is 0 Å². The topological polar surface area (TPSA) is 35.5 Å². The van der Waals surface area contributed by atoms with Crippen LogP contribution < -0.4 is 10.2 Å². The third-order valence-corrected chi connectivity index (χ3v) is 3.50. The molecule has 102 valence electrons. The van der Waals surface area contributed by atoms with Gasteiger partial charge < -0.3 is 15.3 Å². The molecule has 1 unspecified atom stereocenters. The third kappa shape index (κ3) is 4.26. The van der Waals surface area contributed by atoms with Gasteiger partial charge in [-0.3, -0.25) is 0 Å². The van der Waals surface area contributed by atoms with Gasteiger partial charge in [-0.25, -0.2) is 0 Å². The maximum Gasteiger partial charge on any atom is 0.0606 e. The van der Waals surface area contributed by atoms with E-state index in [4.69, 9.17) is 5.11 Å². The number of likely N-dealkylation sites (N-methyl/N-ethyl adjacent to an activating group) is 1. The van der Waals surface area contributed by atoms with Crippen LogP contribution in [0.1, 0.15) is 31.9 Å². The summed E-state index contributed by atoms with van der Waals surface area (Å²) in [6.45, 7) is 6.17. The Morgan fingerprint density at radius 3 is 2.78 bits per heavy atom. The summed E-state index contributed by atoms with van der Waals surface area (Å²) in [6.07, 6.45) is 1.13. The fraction of sp³-hybridized carbons (Fsp3) is 0.571. The van der Waals surface area contributed by atoms with Crippen molar-refractivity contribution in [3.63, 3.8) is 0 Å². The number of aliphatic hydroxyl groups excluding tert-OH is 1. The van der Waals surface area contributed by atoms with Crippen LogP contribution in [0.3, 0.4) is 0 Å². The second-order valence-corrected chi connectivity index (χ2v) is 5.44. The molecular weight excluding hydrogens is 292 g/mol.